The molecular formula is C17H20ClN7O2S. The topological polar surface area (TPSA) is 105 Å². The van der Waals surface area contributed by atoms with Crippen LogP contribution < -0.4 is 15.5 Å². The molecule has 0 spiro atoms. The number of hydrogen-bond acceptors (Lipinski definition) is 7. The monoisotopic (exact) mass is 421 g/mol. The fourth-order valence-electron chi connectivity index (χ4n) is 2.95. The molecule has 1 aliphatic heterocycles. The van der Waals surface area contributed by atoms with E-state index in [2.05, 4.69) is 26.2 Å². The van der Waals surface area contributed by atoms with E-state index in [1.807, 2.05) is 17.9 Å². The van der Waals surface area contributed by atoms with Crippen LogP contribution in [0.3, 0.4) is 0 Å². The van der Waals surface area contributed by atoms with Crippen molar-refractivity contribution in [1.82, 2.24) is 25.5 Å². The number of benzene rings is 1. The number of anilines is 2. The van der Waals surface area contributed by atoms with Gasteiger partial charge in [-0.15, -0.1) is 5.10 Å². The highest BCUT2D eigenvalue weighted by molar-refractivity contribution is 8.00. The first-order valence-electron chi connectivity index (χ1n) is 9.08. The van der Waals surface area contributed by atoms with Crippen LogP contribution >= 0.6 is 23.4 Å². The number of halogens is 1. The van der Waals surface area contributed by atoms with Crippen LogP contribution in [0.1, 0.15) is 25.8 Å². The average Bonchev–Trinajstić information content (AvgIpc) is 3.41. The highest BCUT2D eigenvalue weighted by atomic mass is 35.5. The van der Waals surface area contributed by atoms with Gasteiger partial charge < -0.3 is 15.5 Å². The zero-order valence-corrected chi connectivity index (χ0v) is 16.8. The van der Waals surface area contributed by atoms with Crippen molar-refractivity contribution in [3.8, 4) is 0 Å². The first-order chi connectivity index (χ1) is 13.5. The van der Waals surface area contributed by atoms with E-state index in [-0.39, 0.29) is 23.6 Å². The van der Waals surface area contributed by atoms with Gasteiger partial charge in [0.2, 0.25) is 17.0 Å². The first-order valence-corrected chi connectivity index (χ1v) is 10.3. The van der Waals surface area contributed by atoms with Gasteiger partial charge in [-0.2, -0.15) is 0 Å². The molecule has 1 aliphatic carbocycles. The second-order valence-corrected chi connectivity index (χ2v) is 8.54. The quantitative estimate of drug-likeness (QED) is 0.684. The Kier molecular flexibility index (Phi) is 5.40. The summed E-state index contributed by atoms with van der Waals surface area (Å²) < 4.78 is 1.79. The maximum absolute atomic E-state index is 12.6. The molecule has 28 heavy (non-hydrogen) atoms. The number of carbonyl (C=O) groups excluding carboxylic acids is 2. The molecule has 9 nitrogen and oxygen atoms in total. The summed E-state index contributed by atoms with van der Waals surface area (Å²) in [4.78, 5) is 26.1. The summed E-state index contributed by atoms with van der Waals surface area (Å²) in [6.07, 6.45) is 2.14. The van der Waals surface area contributed by atoms with Crippen LogP contribution in [0.25, 0.3) is 0 Å². The Morgan fingerprint density at radius 1 is 1.43 bits per heavy atom. The number of tetrazole rings is 1. The lowest BCUT2D eigenvalue weighted by molar-refractivity contribution is -0.120. The fourth-order valence-corrected chi connectivity index (χ4v) is 4.11. The van der Waals surface area contributed by atoms with E-state index in [1.54, 1.807) is 16.8 Å². The Morgan fingerprint density at radius 2 is 2.25 bits per heavy atom. The van der Waals surface area contributed by atoms with Crippen LogP contribution in [-0.4, -0.2) is 56.9 Å². The first kappa shape index (κ1) is 19.0. The predicted molar refractivity (Wildman–Crippen MR) is 107 cm³/mol. The van der Waals surface area contributed by atoms with Crippen molar-refractivity contribution in [2.75, 3.05) is 29.9 Å². The van der Waals surface area contributed by atoms with E-state index in [0.29, 0.717) is 35.0 Å². The molecule has 148 valence electrons. The molecule has 1 atom stereocenters. The van der Waals surface area contributed by atoms with Gasteiger partial charge in [0, 0.05) is 18.8 Å². The molecule has 2 aromatic rings. The lowest BCUT2D eigenvalue weighted by Crippen LogP contribution is -2.47. The molecule has 1 unspecified atom stereocenters. The number of piperazine rings is 1. The van der Waals surface area contributed by atoms with E-state index in [1.165, 1.54) is 11.8 Å². The Bertz CT molecular complexity index is 901. The van der Waals surface area contributed by atoms with Crippen LogP contribution in [0, 0.1) is 0 Å². The highest BCUT2D eigenvalue weighted by Gasteiger charge is 2.29. The average molecular weight is 422 g/mol. The molecule has 1 saturated heterocycles. The van der Waals surface area contributed by atoms with Crippen molar-refractivity contribution in [3.05, 3.63) is 23.2 Å². The third-order valence-electron chi connectivity index (χ3n) is 4.60. The minimum absolute atomic E-state index is 0.0286. The largest absolute Gasteiger partial charge is 0.359 e. The van der Waals surface area contributed by atoms with Gasteiger partial charge in [-0.05, 0) is 48.4 Å². The van der Waals surface area contributed by atoms with Crippen LogP contribution in [0.5, 0.6) is 0 Å². The maximum Gasteiger partial charge on any atom is 0.239 e. The molecule has 1 saturated carbocycles. The zero-order valence-electron chi connectivity index (χ0n) is 15.3. The summed E-state index contributed by atoms with van der Waals surface area (Å²) >= 11 is 7.72. The van der Waals surface area contributed by atoms with Crippen LogP contribution in [0.2, 0.25) is 5.02 Å². The van der Waals surface area contributed by atoms with Gasteiger partial charge in [0.25, 0.3) is 0 Å². The number of thioether (sulfide) groups is 1. The molecule has 4 rings (SSSR count). The molecule has 2 aliphatic rings. The summed E-state index contributed by atoms with van der Waals surface area (Å²) in [7, 11) is 0. The van der Waals surface area contributed by atoms with Crippen LogP contribution in [0.4, 0.5) is 11.4 Å². The molecule has 0 bridgehead atoms. The Labute approximate surface area is 171 Å². The third-order valence-corrected chi connectivity index (χ3v) is 5.95. The number of hydrogen-bond donors (Lipinski definition) is 2. The van der Waals surface area contributed by atoms with Crippen molar-refractivity contribution in [1.29, 1.82) is 0 Å². The number of amides is 2. The van der Waals surface area contributed by atoms with E-state index in [0.717, 1.165) is 18.5 Å². The van der Waals surface area contributed by atoms with Crippen molar-refractivity contribution in [2.24, 2.45) is 0 Å². The molecule has 1 aromatic heterocycles. The number of nitrogens with one attached hydrogen (secondary N) is 2. The molecule has 11 heteroatoms. The smallest absolute Gasteiger partial charge is 0.239 e. The van der Waals surface area contributed by atoms with Gasteiger partial charge in [0.1, 0.15) is 0 Å². The van der Waals surface area contributed by atoms with Crippen molar-refractivity contribution in [3.63, 3.8) is 0 Å². The number of aromatic nitrogens is 4. The van der Waals surface area contributed by atoms with Gasteiger partial charge in [-0.1, -0.05) is 23.4 Å². The number of nitrogens with zero attached hydrogens (tertiary/aromatic N) is 5. The van der Waals surface area contributed by atoms with E-state index >= 15 is 0 Å². The van der Waals surface area contributed by atoms with E-state index in [9.17, 15) is 9.59 Å². The van der Waals surface area contributed by atoms with Gasteiger partial charge in [-0.25, -0.2) is 4.68 Å². The molecular weight excluding hydrogens is 402 g/mol. The maximum atomic E-state index is 12.6. The van der Waals surface area contributed by atoms with Gasteiger partial charge in [0.05, 0.1) is 28.5 Å². The van der Waals surface area contributed by atoms with Crippen LogP contribution in [0.15, 0.2) is 23.4 Å². The predicted octanol–water partition coefficient (Wildman–Crippen LogP) is 1.72. The summed E-state index contributed by atoms with van der Waals surface area (Å²) in [5.41, 5.74) is 1.38. The third kappa shape index (κ3) is 4.22. The Hall–Kier alpha value is -2.33. The standard InChI is InChI=1S/C17H20ClN7O2S/c1-10(28-17-21-22-23-25(17)12-3-4-12)16(27)20-11-2-5-14(13(18)8-11)24-7-6-19-15(26)9-24/h2,5,8,10,12H,3-4,6-7,9H2,1H3,(H,19,26)(H,20,27). The minimum Gasteiger partial charge on any atom is -0.359 e. The summed E-state index contributed by atoms with van der Waals surface area (Å²) in [6.45, 7) is 3.37. The zero-order chi connectivity index (χ0) is 19.7. The lowest BCUT2D eigenvalue weighted by Gasteiger charge is -2.29. The van der Waals surface area contributed by atoms with Gasteiger partial charge >= 0.3 is 0 Å². The SMILES string of the molecule is CC(Sc1nnnn1C1CC1)C(=O)Nc1ccc(N2CCNC(=O)C2)c(Cl)c1. The van der Waals surface area contributed by atoms with Gasteiger partial charge in [0.15, 0.2) is 0 Å². The van der Waals surface area contributed by atoms with E-state index < -0.39 is 0 Å². The fraction of sp³-hybridized carbons (Fsp3) is 0.471. The highest BCUT2D eigenvalue weighted by Crippen LogP contribution is 2.37. The molecule has 2 heterocycles. The number of rotatable bonds is 6. The van der Waals surface area contributed by atoms with Crippen molar-refractivity contribution in [2.45, 2.75) is 36.2 Å². The summed E-state index contributed by atoms with van der Waals surface area (Å²) in [5, 5.41) is 18.2. The molecule has 1 aromatic carbocycles. The Balaban J connectivity index is 1.39. The second-order valence-electron chi connectivity index (χ2n) is 6.82. The summed E-state index contributed by atoms with van der Waals surface area (Å²) in [6, 6.07) is 5.67. The normalized spacial score (nSPS) is 17.9. The summed E-state index contributed by atoms with van der Waals surface area (Å²) in [5.74, 6) is -0.185. The molecule has 2 N–H and O–H groups in total. The van der Waals surface area contributed by atoms with Gasteiger partial charge in [-0.3, -0.25) is 9.59 Å². The molecule has 2 amide bonds. The lowest BCUT2D eigenvalue weighted by atomic mass is 10.2. The van der Waals surface area contributed by atoms with Crippen LogP contribution in [-0.2, 0) is 9.59 Å². The molecule has 2 fully saturated rings. The van der Waals surface area contributed by atoms with Crippen molar-refractivity contribution >= 4 is 46.6 Å². The second kappa shape index (κ2) is 7.96. The molecule has 0 radical (unpaired) electrons. The van der Waals surface area contributed by atoms with Crippen molar-refractivity contribution < 1.29 is 9.59 Å². The van der Waals surface area contributed by atoms with E-state index in [4.69, 9.17) is 11.6 Å². The Morgan fingerprint density at radius 3 is 2.96 bits per heavy atom. The number of carbonyl (C=O) groups is 2. The minimum atomic E-state index is -0.368.